The Morgan fingerprint density at radius 3 is 2.74 bits per heavy atom. The van der Waals surface area contributed by atoms with E-state index in [4.69, 9.17) is 0 Å². The van der Waals surface area contributed by atoms with Crippen LogP contribution >= 0.6 is 0 Å². The normalized spacial score (nSPS) is 14.8. The Bertz CT molecular complexity index is 637. The molecule has 23 heavy (non-hydrogen) atoms. The summed E-state index contributed by atoms with van der Waals surface area (Å²) in [6.07, 6.45) is 4.47. The van der Waals surface area contributed by atoms with Gasteiger partial charge in [-0.2, -0.15) is 0 Å². The van der Waals surface area contributed by atoms with Crippen molar-refractivity contribution in [1.29, 1.82) is 0 Å². The highest BCUT2D eigenvalue weighted by atomic mass is 16.3. The fourth-order valence-electron chi connectivity index (χ4n) is 3.21. The fourth-order valence-corrected chi connectivity index (χ4v) is 3.21. The molecule has 0 bridgehead atoms. The first kappa shape index (κ1) is 15.9. The zero-order valence-corrected chi connectivity index (χ0v) is 13.8. The van der Waals surface area contributed by atoms with E-state index in [0.717, 1.165) is 25.9 Å². The van der Waals surface area contributed by atoms with Crippen LogP contribution in [-0.2, 0) is 19.3 Å². The maximum atomic E-state index is 9.30. The van der Waals surface area contributed by atoms with Crippen molar-refractivity contribution in [2.75, 3.05) is 18.4 Å². The highest BCUT2D eigenvalue weighted by Gasteiger charge is 2.10. The number of nitrogens with one attached hydrogen (secondary N) is 2. The Balaban J connectivity index is 1.47. The molecule has 0 aliphatic carbocycles. The third kappa shape index (κ3) is 4.49. The molecule has 0 amide bonds. The summed E-state index contributed by atoms with van der Waals surface area (Å²) in [7, 11) is 0. The van der Waals surface area contributed by atoms with Crippen molar-refractivity contribution in [2.45, 2.75) is 38.6 Å². The van der Waals surface area contributed by atoms with Crippen LogP contribution in [0.3, 0.4) is 0 Å². The Kier molecular flexibility index (Phi) is 5.19. The fraction of sp³-hybridized carbons (Fsp3) is 0.400. The van der Waals surface area contributed by atoms with Gasteiger partial charge >= 0.3 is 0 Å². The summed E-state index contributed by atoms with van der Waals surface area (Å²) in [4.78, 5) is 0. The lowest BCUT2D eigenvalue weighted by molar-refractivity contribution is 0.475. The van der Waals surface area contributed by atoms with Crippen molar-refractivity contribution in [3.63, 3.8) is 0 Å². The Hall–Kier alpha value is -2.00. The van der Waals surface area contributed by atoms with Crippen molar-refractivity contribution in [3.8, 4) is 5.75 Å². The summed E-state index contributed by atoms with van der Waals surface area (Å²) in [5.74, 6) is 0.331. The van der Waals surface area contributed by atoms with Gasteiger partial charge in [0, 0.05) is 18.3 Å². The van der Waals surface area contributed by atoms with Crippen LogP contribution in [0.25, 0.3) is 0 Å². The Morgan fingerprint density at radius 2 is 1.91 bits per heavy atom. The van der Waals surface area contributed by atoms with Gasteiger partial charge in [0.15, 0.2) is 0 Å². The molecule has 1 atom stereocenters. The molecule has 122 valence electrons. The topological polar surface area (TPSA) is 44.3 Å². The molecule has 1 unspecified atom stereocenters. The molecule has 2 aromatic rings. The van der Waals surface area contributed by atoms with Crippen LogP contribution in [0.1, 0.15) is 30.0 Å². The summed E-state index contributed by atoms with van der Waals surface area (Å²) in [5, 5.41) is 16.4. The van der Waals surface area contributed by atoms with Crippen LogP contribution < -0.4 is 10.6 Å². The van der Waals surface area contributed by atoms with Gasteiger partial charge in [-0.25, -0.2) is 0 Å². The van der Waals surface area contributed by atoms with E-state index in [2.05, 4.69) is 35.8 Å². The van der Waals surface area contributed by atoms with Crippen LogP contribution in [-0.4, -0.2) is 24.2 Å². The summed E-state index contributed by atoms with van der Waals surface area (Å²) in [6, 6.07) is 14.8. The average molecular weight is 310 g/mol. The molecule has 1 aliphatic heterocycles. The monoisotopic (exact) mass is 310 g/mol. The first-order chi connectivity index (χ1) is 11.2. The van der Waals surface area contributed by atoms with E-state index in [-0.39, 0.29) is 0 Å². The number of anilines is 1. The molecular weight excluding hydrogens is 284 g/mol. The summed E-state index contributed by atoms with van der Waals surface area (Å²) >= 11 is 0. The van der Waals surface area contributed by atoms with Gasteiger partial charge in [-0.3, -0.25) is 0 Å². The van der Waals surface area contributed by atoms with Crippen molar-refractivity contribution < 1.29 is 5.11 Å². The maximum Gasteiger partial charge on any atom is 0.115 e. The van der Waals surface area contributed by atoms with Crippen LogP contribution in [0.2, 0.25) is 0 Å². The molecule has 0 aromatic heterocycles. The molecular formula is C20H26N2O. The number of benzene rings is 2. The van der Waals surface area contributed by atoms with E-state index in [1.807, 2.05) is 12.1 Å². The first-order valence-electron chi connectivity index (χ1n) is 8.58. The average Bonchev–Trinajstić information content (AvgIpc) is 2.56. The second-order valence-electron chi connectivity index (χ2n) is 6.50. The van der Waals surface area contributed by atoms with Crippen molar-refractivity contribution in [3.05, 3.63) is 59.2 Å². The van der Waals surface area contributed by atoms with E-state index in [9.17, 15) is 5.11 Å². The van der Waals surface area contributed by atoms with Gasteiger partial charge in [0.2, 0.25) is 0 Å². The summed E-state index contributed by atoms with van der Waals surface area (Å²) < 4.78 is 0. The molecule has 0 fully saturated rings. The molecule has 1 heterocycles. The second kappa shape index (κ2) is 7.51. The SMILES string of the molecule is CC(Cc1ccc2c(c1)CCCN2)NCCc1ccc(O)cc1. The quantitative estimate of drug-likeness (QED) is 0.765. The van der Waals surface area contributed by atoms with E-state index in [1.165, 1.54) is 35.2 Å². The number of hydrogen-bond acceptors (Lipinski definition) is 3. The summed E-state index contributed by atoms with van der Waals surface area (Å²) in [5.41, 5.74) is 5.44. The van der Waals surface area contributed by atoms with Gasteiger partial charge in [0.25, 0.3) is 0 Å². The van der Waals surface area contributed by atoms with Gasteiger partial charge in [-0.15, -0.1) is 0 Å². The minimum absolute atomic E-state index is 0.331. The van der Waals surface area contributed by atoms with Crippen LogP contribution in [0.4, 0.5) is 5.69 Å². The Morgan fingerprint density at radius 1 is 1.13 bits per heavy atom. The maximum absolute atomic E-state index is 9.30. The van der Waals surface area contributed by atoms with Crippen molar-refractivity contribution in [1.82, 2.24) is 5.32 Å². The third-order valence-corrected chi connectivity index (χ3v) is 4.49. The highest BCUT2D eigenvalue weighted by Crippen LogP contribution is 2.23. The number of hydrogen-bond donors (Lipinski definition) is 3. The minimum Gasteiger partial charge on any atom is -0.508 e. The summed E-state index contributed by atoms with van der Waals surface area (Å²) in [6.45, 7) is 4.30. The molecule has 3 nitrogen and oxygen atoms in total. The largest absolute Gasteiger partial charge is 0.508 e. The van der Waals surface area contributed by atoms with E-state index in [0.29, 0.717) is 11.8 Å². The standard InChI is InChI=1S/C20H26N2O/c1-15(21-12-10-16-4-7-19(23)8-5-16)13-17-6-9-20-18(14-17)3-2-11-22-20/h4-9,14-15,21-23H,2-3,10-13H2,1H3. The molecule has 0 saturated heterocycles. The number of phenols is 1. The zero-order valence-electron chi connectivity index (χ0n) is 13.8. The van der Waals surface area contributed by atoms with Gasteiger partial charge in [-0.05, 0) is 74.0 Å². The number of aryl methyl sites for hydroxylation is 1. The number of fused-ring (bicyclic) bond motifs is 1. The molecule has 3 heteroatoms. The van der Waals surface area contributed by atoms with E-state index >= 15 is 0 Å². The van der Waals surface area contributed by atoms with Crippen LogP contribution in [0.5, 0.6) is 5.75 Å². The molecule has 0 radical (unpaired) electrons. The van der Waals surface area contributed by atoms with Gasteiger partial charge in [0.1, 0.15) is 5.75 Å². The van der Waals surface area contributed by atoms with E-state index < -0.39 is 0 Å². The number of rotatable bonds is 6. The second-order valence-corrected chi connectivity index (χ2v) is 6.50. The first-order valence-corrected chi connectivity index (χ1v) is 8.58. The lowest BCUT2D eigenvalue weighted by Gasteiger charge is -2.20. The number of aromatic hydroxyl groups is 1. The smallest absolute Gasteiger partial charge is 0.115 e. The molecule has 0 spiro atoms. The molecule has 2 aromatic carbocycles. The highest BCUT2D eigenvalue weighted by molar-refractivity contribution is 5.54. The predicted octanol–water partition coefficient (Wildman–Crippen LogP) is 3.51. The molecule has 1 aliphatic rings. The van der Waals surface area contributed by atoms with Crippen LogP contribution in [0.15, 0.2) is 42.5 Å². The van der Waals surface area contributed by atoms with Crippen molar-refractivity contribution in [2.24, 2.45) is 0 Å². The molecule has 3 N–H and O–H groups in total. The minimum atomic E-state index is 0.331. The zero-order chi connectivity index (χ0) is 16.1. The molecule has 3 rings (SSSR count). The third-order valence-electron chi connectivity index (χ3n) is 4.49. The van der Waals surface area contributed by atoms with Gasteiger partial charge in [0.05, 0.1) is 0 Å². The number of phenolic OH excluding ortho intramolecular Hbond substituents is 1. The molecule has 0 saturated carbocycles. The van der Waals surface area contributed by atoms with Crippen LogP contribution in [0, 0.1) is 0 Å². The van der Waals surface area contributed by atoms with Crippen molar-refractivity contribution >= 4 is 5.69 Å². The Labute approximate surface area is 138 Å². The van der Waals surface area contributed by atoms with E-state index in [1.54, 1.807) is 12.1 Å². The predicted molar refractivity (Wildman–Crippen MR) is 96.2 cm³/mol. The lowest BCUT2D eigenvalue weighted by atomic mass is 9.98. The van der Waals surface area contributed by atoms with Gasteiger partial charge in [-0.1, -0.05) is 24.3 Å². The van der Waals surface area contributed by atoms with Gasteiger partial charge < -0.3 is 15.7 Å². The lowest BCUT2D eigenvalue weighted by Crippen LogP contribution is -2.30.